The van der Waals surface area contributed by atoms with Crippen molar-refractivity contribution in [2.45, 2.75) is 13.3 Å². The molecule has 0 radical (unpaired) electrons. The Balaban J connectivity index is 1.42. The van der Waals surface area contributed by atoms with Crippen molar-refractivity contribution in [3.05, 3.63) is 91.9 Å². The number of nitrogens with zero attached hydrogens (tertiary/aromatic N) is 5. The first-order valence-electron chi connectivity index (χ1n) is 13.5. The SMILES string of the molecule is COc1ccc(CCN2C(=O)/C(=C\c3c(C)c(C#N)c(=O)n(C)c3N3CCN(c4ccc(F)cc4)CC3)SC2=S)cc1. The fourth-order valence-electron chi connectivity index (χ4n) is 5.28. The highest BCUT2D eigenvalue weighted by molar-refractivity contribution is 8.26. The zero-order chi connectivity index (χ0) is 30.0. The van der Waals surface area contributed by atoms with Gasteiger partial charge in [-0.3, -0.25) is 19.1 Å². The molecule has 11 heteroatoms. The summed E-state index contributed by atoms with van der Waals surface area (Å²) in [6.07, 6.45) is 2.40. The normalized spacial score (nSPS) is 16.4. The molecule has 8 nitrogen and oxygen atoms in total. The number of carbonyl (C=O) groups is 1. The number of rotatable bonds is 7. The van der Waals surface area contributed by atoms with Gasteiger partial charge in [-0.05, 0) is 66.9 Å². The number of methoxy groups -OCH3 is 1. The molecule has 0 atom stereocenters. The van der Waals surface area contributed by atoms with Gasteiger partial charge in [-0.1, -0.05) is 36.1 Å². The average molecular weight is 604 g/mol. The van der Waals surface area contributed by atoms with Crippen LogP contribution in [0.1, 0.15) is 22.3 Å². The fourth-order valence-corrected chi connectivity index (χ4v) is 6.57. The van der Waals surface area contributed by atoms with E-state index in [1.165, 1.54) is 28.5 Å². The Bertz CT molecular complexity index is 1650. The number of amides is 1. The van der Waals surface area contributed by atoms with Gasteiger partial charge in [0, 0.05) is 51.0 Å². The lowest BCUT2D eigenvalue weighted by molar-refractivity contribution is -0.122. The number of thiocarbonyl (C=S) groups is 1. The van der Waals surface area contributed by atoms with Gasteiger partial charge in [-0.2, -0.15) is 5.26 Å². The maximum atomic E-state index is 13.5. The van der Waals surface area contributed by atoms with Gasteiger partial charge in [0.05, 0.1) is 12.0 Å². The standard InChI is InChI=1S/C31H30FN5O3S2/c1-20-25(18-27-30(39)37(31(41)42-27)13-12-21-4-10-24(40-3)11-5-21)28(34(2)29(38)26(20)19-33)36-16-14-35(15-17-36)23-8-6-22(32)7-9-23/h4-11,18H,12-17H2,1-3H3/b27-18+. The van der Waals surface area contributed by atoms with E-state index in [0.29, 0.717) is 65.3 Å². The number of benzene rings is 2. The first-order chi connectivity index (χ1) is 20.2. The minimum absolute atomic E-state index is 0.0485. The second-order valence-corrected chi connectivity index (χ2v) is 11.8. The smallest absolute Gasteiger partial charge is 0.270 e. The van der Waals surface area contributed by atoms with Crippen molar-refractivity contribution in [2.24, 2.45) is 7.05 Å². The van der Waals surface area contributed by atoms with E-state index in [9.17, 15) is 19.2 Å². The molecule has 0 aliphatic carbocycles. The van der Waals surface area contributed by atoms with Crippen LogP contribution in [0.25, 0.3) is 6.08 Å². The summed E-state index contributed by atoms with van der Waals surface area (Å²) in [6.45, 7) is 4.69. The number of pyridine rings is 1. The van der Waals surface area contributed by atoms with Gasteiger partial charge in [0.25, 0.3) is 11.5 Å². The Morgan fingerprint density at radius 2 is 1.69 bits per heavy atom. The number of halogens is 1. The molecular weight excluding hydrogens is 574 g/mol. The largest absolute Gasteiger partial charge is 0.497 e. The minimum Gasteiger partial charge on any atom is -0.497 e. The molecule has 1 amide bonds. The van der Waals surface area contributed by atoms with Crippen LogP contribution in [-0.4, -0.2) is 59.5 Å². The molecule has 5 rings (SSSR count). The maximum Gasteiger partial charge on any atom is 0.270 e. The summed E-state index contributed by atoms with van der Waals surface area (Å²) in [5, 5.41) is 9.80. The number of aromatic nitrogens is 1. The molecule has 2 fully saturated rings. The molecule has 0 saturated carbocycles. The molecule has 0 bridgehead atoms. The Labute approximate surface area is 253 Å². The summed E-state index contributed by atoms with van der Waals surface area (Å²) in [5.74, 6) is 0.941. The first kappa shape index (κ1) is 29.4. The Kier molecular flexibility index (Phi) is 8.66. The van der Waals surface area contributed by atoms with Crippen LogP contribution in [0.4, 0.5) is 15.9 Å². The van der Waals surface area contributed by atoms with Crippen molar-refractivity contribution in [3.63, 3.8) is 0 Å². The number of hydrogen-bond donors (Lipinski definition) is 0. The van der Waals surface area contributed by atoms with Crippen LogP contribution in [0, 0.1) is 24.1 Å². The Morgan fingerprint density at radius 3 is 2.31 bits per heavy atom. The molecular formula is C31H30FN5O3S2. The highest BCUT2D eigenvalue weighted by Crippen LogP contribution is 2.36. The zero-order valence-electron chi connectivity index (χ0n) is 23.6. The summed E-state index contributed by atoms with van der Waals surface area (Å²) in [5.41, 5.74) is 2.84. The van der Waals surface area contributed by atoms with Crippen molar-refractivity contribution in [2.75, 3.05) is 49.6 Å². The number of hydrogen-bond acceptors (Lipinski definition) is 8. The van der Waals surface area contributed by atoms with E-state index in [1.807, 2.05) is 24.3 Å². The lowest BCUT2D eigenvalue weighted by Gasteiger charge is -2.38. The van der Waals surface area contributed by atoms with Crippen LogP contribution < -0.4 is 20.1 Å². The maximum absolute atomic E-state index is 13.5. The molecule has 2 aromatic carbocycles. The zero-order valence-corrected chi connectivity index (χ0v) is 25.2. The lowest BCUT2D eigenvalue weighted by Crippen LogP contribution is -2.48. The molecule has 216 valence electrons. The summed E-state index contributed by atoms with van der Waals surface area (Å²) in [4.78, 5) is 33.0. The summed E-state index contributed by atoms with van der Waals surface area (Å²) >= 11 is 6.80. The highest BCUT2D eigenvalue weighted by atomic mass is 32.2. The minimum atomic E-state index is -0.379. The summed E-state index contributed by atoms with van der Waals surface area (Å²) < 4.78 is 20.6. The molecule has 3 heterocycles. The molecule has 0 spiro atoms. The molecule has 3 aromatic rings. The topological polar surface area (TPSA) is 81.8 Å². The molecule has 2 aliphatic rings. The lowest BCUT2D eigenvalue weighted by atomic mass is 10.0. The Morgan fingerprint density at radius 1 is 1.05 bits per heavy atom. The van der Waals surface area contributed by atoms with Crippen LogP contribution in [0.3, 0.4) is 0 Å². The van der Waals surface area contributed by atoms with Crippen LogP contribution in [-0.2, 0) is 18.3 Å². The van der Waals surface area contributed by atoms with Crippen molar-refractivity contribution >= 4 is 51.8 Å². The molecule has 2 saturated heterocycles. The second-order valence-electron chi connectivity index (χ2n) is 10.1. The number of ether oxygens (including phenoxy) is 1. The predicted molar refractivity (Wildman–Crippen MR) is 169 cm³/mol. The van der Waals surface area contributed by atoms with Gasteiger partial charge >= 0.3 is 0 Å². The van der Waals surface area contributed by atoms with Gasteiger partial charge in [0.2, 0.25) is 0 Å². The van der Waals surface area contributed by atoms with Crippen LogP contribution >= 0.6 is 24.0 Å². The van der Waals surface area contributed by atoms with E-state index in [1.54, 1.807) is 44.2 Å². The monoisotopic (exact) mass is 603 g/mol. The molecule has 1 aromatic heterocycles. The van der Waals surface area contributed by atoms with Gasteiger partial charge in [0.1, 0.15) is 33.3 Å². The number of nitriles is 1. The predicted octanol–water partition coefficient (Wildman–Crippen LogP) is 4.48. The van der Waals surface area contributed by atoms with E-state index in [2.05, 4.69) is 15.9 Å². The van der Waals surface area contributed by atoms with E-state index in [4.69, 9.17) is 17.0 Å². The van der Waals surface area contributed by atoms with Crippen molar-refractivity contribution < 1.29 is 13.9 Å². The molecule has 42 heavy (non-hydrogen) atoms. The molecule has 0 unspecified atom stereocenters. The van der Waals surface area contributed by atoms with Gasteiger partial charge in [0.15, 0.2) is 0 Å². The molecule has 2 aliphatic heterocycles. The van der Waals surface area contributed by atoms with E-state index in [0.717, 1.165) is 17.0 Å². The van der Waals surface area contributed by atoms with Gasteiger partial charge in [-0.15, -0.1) is 0 Å². The van der Waals surface area contributed by atoms with Crippen molar-refractivity contribution in [3.8, 4) is 11.8 Å². The van der Waals surface area contributed by atoms with E-state index >= 15 is 0 Å². The number of piperazine rings is 1. The van der Waals surface area contributed by atoms with Crippen LogP contribution in [0.5, 0.6) is 5.75 Å². The third-order valence-electron chi connectivity index (χ3n) is 7.67. The average Bonchev–Trinajstić information content (AvgIpc) is 3.27. The van der Waals surface area contributed by atoms with E-state index < -0.39 is 0 Å². The third-order valence-corrected chi connectivity index (χ3v) is 9.05. The third kappa shape index (κ3) is 5.78. The van der Waals surface area contributed by atoms with Crippen LogP contribution in [0.2, 0.25) is 0 Å². The summed E-state index contributed by atoms with van der Waals surface area (Å²) in [7, 11) is 3.27. The first-order valence-corrected chi connectivity index (χ1v) is 14.7. The molecule has 0 N–H and O–H groups in total. The van der Waals surface area contributed by atoms with Crippen molar-refractivity contribution in [1.82, 2.24) is 9.47 Å². The second kappa shape index (κ2) is 12.4. The highest BCUT2D eigenvalue weighted by Gasteiger charge is 2.33. The number of anilines is 2. The van der Waals surface area contributed by atoms with Crippen molar-refractivity contribution in [1.29, 1.82) is 5.26 Å². The summed E-state index contributed by atoms with van der Waals surface area (Å²) in [6, 6.07) is 16.2. The van der Waals surface area contributed by atoms with Gasteiger partial charge < -0.3 is 14.5 Å². The Hall–Kier alpha value is -4.14. The van der Waals surface area contributed by atoms with Gasteiger partial charge in [-0.25, -0.2) is 4.39 Å². The van der Waals surface area contributed by atoms with Crippen LogP contribution in [0.15, 0.2) is 58.2 Å². The quantitative estimate of drug-likeness (QED) is 0.289. The van der Waals surface area contributed by atoms with E-state index in [-0.39, 0.29) is 22.8 Å². The number of carbonyl (C=O) groups excluding carboxylic acids is 1. The number of thioether (sulfide) groups is 1. The fraction of sp³-hybridized carbons (Fsp3) is 0.290.